The fourth-order valence-corrected chi connectivity index (χ4v) is 2.57. The van der Waals surface area contributed by atoms with Gasteiger partial charge in [0.25, 0.3) is 0 Å². The van der Waals surface area contributed by atoms with E-state index in [0.29, 0.717) is 12.3 Å². The molecule has 1 aromatic carbocycles. The van der Waals surface area contributed by atoms with Crippen molar-refractivity contribution in [2.24, 2.45) is 5.92 Å². The largest absolute Gasteiger partial charge is 0.497 e. The zero-order valence-corrected chi connectivity index (χ0v) is 11.3. The van der Waals surface area contributed by atoms with Crippen LogP contribution in [0.4, 0.5) is 0 Å². The van der Waals surface area contributed by atoms with Crippen molar-refractivity contribution in [2.75, 3.05) is 7.11 Å². The molecule has 0 spiro atoms. The van der Waals surface area contributed by atoms with Crippen molar-refractivity contribution in [2.45, 2.75) is 45.3 Å². The van der Waals surface area contributed by atoms with E-state index in [1.807, 2.05) is 18.2 Å². The number of fused-ring (bicyclic) bond motifs is 1. The Morgan fingerprint density at radius 3 is 2.94 bits per heavy atom. The molecule has 0 aromatic heterocycles. The molecule has 18 heavy (non-hydrogen) atoms. The van der Waals surface area contributed by atoms with Crippen LogP contribution in [0, 0.1) is 5.92 Å². The van der Waals surface area contributed by atoms with Gasteiger partial charge < -0.3 is 14.6 Å². The Balaban J connectivity index is 2.18. The zero-order valence-electron chi connectivity index (χ0n) is 11.3. The van der Waals surface area contributed by atoms with Gasteiger partial charge in [0.05, 0.1) is 13.2 Å². The highest BCUT2D eigenvalue weighted by atomic mass is 16.5. The molecule has 100 valence electrons. The van der Waals surface area contributed by atoms with Gasteiger partial charge in [-0.3, -0.25) is 0 Å². The molecular formula is C15H22O3. The van der Waals surface area contributed by atoms with Gasteiger partial charge in [-0.05, 0) is 30.5 Å². The van der Waals surface area contributed by atoms with Crippen LogP contribution in [0.5, 0.6) is 11.5 Å². The molecule has 3 atom stereocenters. The SMILES string of the molecule is CCCC(C)C1CC(O)c2cc(OC)ccc2O1. The van der Waals surface area contributed by atoms with Crippen LogP contribution in [-0.2, 0) is 0 Å². The van der Waals surface area contributed by atoms with Crippen molar-refractivity contribution in [3.63, 3.8) is 0 Å². The highest BCUT2D eigenvalue weighted by molar-refractivity contribution is 5.43. The molecule has 3 nitrogen and oxygen atoms in total. The molecule has 0 saturated carbocycles. The predicted molar refractivity (Wildman–Crippen MR) is 71.1 cm³/mol. The first-order valence-corrected chi connectivity index (χ1v) is 6.68. The van der Waals surface area contributed by atoms with Crippen LogP contribution in [0.2, 0.25) is 0 Å². The Labute approximate surface area is 109 Å². The predicted octanol–water partition coefficient (Wildman–Crippen LogP) is 3.32. The Bertz CT molecular complexity index is 403. The standard InChI is InChI=1S/C15H22O3/c1-4-5-10(2)15-9-13(16)12-8-11(17-3)6-7-14(12)18-15/h6-8,10,13,15-16H,4-5,9H2,1-3H3. The maximum Gasteiger partial charge on any atom is 0.125 e. The molecule has 3 heteroatoms. The van der Waals surface area contributed by atoms with E-state index in [1.54, 1.807) is 7.11 Å². The summed E-state index contributed by atoms with van der Waals surface area (Å²) in [5.41, 5.74) is 0.842. The van der Waals surface area contributed by atoms with E-state index >= 15 is 0 Å². The molecular weight excluding hydrogens is 228 g/mol. The summed E-state index contributed by atoms with van der Waals surface area (Å²) in [6, 6.07) is 5.63. The summed E-state index contributed by atoms with van der Waals surface area (Å²) in [5.74, 6) is 2.03. The van der Waals surface area contributed by atoms with Gasteiger partial charge in [-0.15, -0.1) is 0 Å². The smallest absolute Gasteiger partial charge is 0.125 e. The van der Waals surface area contributed by atoms with Crippen LogP contribution in [-0.4, -0.2) is 18.3 Å². The first-order valence-electron chi connectivity index (χ1n) is 6.68. The van der Waals surface area contributed by atoms with Gasteiger partial charge in [-0.25, -0.2) is 0 Å². The fourth-order valence-electron chi connectivity index (χ4n) is 2.57. The van der Waals surface area contributed by atoms with E-state index < -0.39 is 6.10 Å². The molecule has 0 amide bonds. The molecule has 1 heterocycles. The number of aliphatic hydroxyl groups excluding tert-OH is 1. The van der Waals surface area contributed by atoms with E-state index in [4.69, 9.17) is 9.47 Å². The minimum atomic E-state index is -0.451. The Kier molecular flexibility index (Phi) is 4.12. The van der Waals surface area contributed by atoms with Crippen molar-refractivity contribution in [3.8, 4) is 11.5 Å². The molecule has 1 N–H and O–H groups in total. The summed E-state index contributed by atoms with van der Waals surface area (Å²) in [6.07, 6.45) is 2.60. The molecule has 3 unspecified atom stereocenters. The lowest BCUT2D eigenvalue weighted by molar-refractivity contribution is 0.0359. The summed E-state index contributed by atoms with van der Waals surface area (Å²) in [4.78, 5) is 0. The van der Waals surface area contributed by atoms with Crippen LogP contribution in [0.15, 0.2) is 18.2 Å². The lowest BCUT2D eigenvalue weighted by Crippen LogP contribution is -2.31. The summed E-state index contributed by atoms with van der Waals surface area (Å²) in [5, 5.41) is 10.2. The molecule has 0 bridgehead atoms. The summed E-state index contributed by atoms with van der Waals surface area (Å²) < 4.78 is 11.2. The topological polar surface area (TPSA) is 38.7 Å². The maximum absolute atomic E-state index is 10.2. The monoisotopic (exact) mass is 250 g/mol. The Morgan fingerprint density at radius 2 is 2.28 bits per heavy atom. The average molecular weight is 250 g/mol. The number of methoxy groups -OCH3 is 1. The van der Waals surface area contributed by atoms with E-state index in [9.17, 15) is 5.11 Å². The number of benzene rings is 1. The quantitative estimate of drug-likeness (QED) is 0.891. The number of ether oxygens (including phenoxy) is 2. The summed E-state index contributed by atoms with van der Waals surface area (Å²) in [6.45, 7) is 4.37. The Hall–Kier alpha value is -1.22. The van der Waals surface area contributed by atoms with Crippen molar-refractivity contribution in [3.05, 3.63) is 23.8 Å². The molecule has 1 aliphatic rings. The first-order chi connectivity index (χ1) is 8.65. The van der Waals surface area contributed by atoms with Crippen molar-refractivity contribution in [1.29, 1.82) is 0 Å². The van der Waals surface area contributed by atoms with Gasteiger partial charge in [0.1, 0.15) is 17.6 Å². The minimum absolute atomic E-state index is 0.112. The Morgan fingerprint density at radius 1 is 1.50 bits per heavy atom. The fraction of sp³-hybridized carbons (Fsp3) is 0.600. The molecule has 1 aromatic rings. The molecule has 1 aliphatic heterocycles. The normalized spacial score (nSPS) is 24.0. The van der Waals surface area contributed by atoms with Gasteiger partial charge in [-0.1, -0.05) is 20.3 Å². The summed E-state index contributed by atoms with van der Waals surface area (Å²) in [7, 11) is 1.63. The molecule has 0 radical (unpaired) electrons. The first kappa shape index (κ1) is 13.2. The van der Waals surface area contributed by atoms with Crippen LogP contribution in [0.3, 0.4) is 0 Å². The lowest BCUT2D eigenvalue weighted by Gasteiger charge is -2.33. The second-order valence-corrected chi connectivity index (χ2v) is 5.08. The number of rotatable bonds is 4. The van der Waals surface area contributed by atoms with Crippen molar-refractivity contribution < 1.29 is 14.6 Å². The number of hydrogen-bond acceptors (Lipinski definition) is 3. The molecule has 0 saturated heterocycles. The molecule has 0 fully saturated rings. The highest BCUT2D eigenvalue weighted by Crippen LogP contribution is 2.39. The minimum Gasteiger partial charge on any atom is -0.497 e. The number of aliphatic hydroxyl groups is 1. The maximum atomic E-state index is 10.2. The van der Waals surface area contributed by atoms with Crippen LogP contribution < -0.4 is 9.47 Å². The third kappa shape index (κ3) is 2.61. The summed E-state index contributed by atoms with van der Waals surface area (Å²) >= 11 is 0. The number of hydrogen-bond donors (Lipinski definition) is 1. The van der Waals surface area contributed by atoms with E-state index in [1.165, 1.54) is 0 Å². The highest BCUT2D eigenvalue weighted by Gasteiger charge is 2.30. The van der Waals surface area contributed by atoms with Gasteiger partial charge in [0.2, 0.25) is 0 Å². The second kappa shape index (κ2) is 5.61. The van der Waals surface area contributed by atoms with Crippen molar-refractivity contribution in [1.82, 2.24) is 0 Å². The second-order valence-electron chi connectivity index (χ2n) is 5.08. The lowest BCUT2D eigenvalue weighted by atomic mass is 9.90. The molecule has 2 rings (SSSR count). The van der Waals surface area contributed by atoms with E-state index in [0.717, 1.165) is 29.9 Å². The van der Waals surface area contributed by atoms with Gasteiger partial charge in [0, 0.05) is 12.0 Å². The van der Waals surface area contributed by atoms with Gasteiger partial charge in [0.15, 0.2) is 0 Å². The third-order valence-corrected chi connectivity index (χ3v) is 3.69. The van der Waals surface area contributed by atoms with Crippen LogP contribution in [0.25, 0.3) is 0 Å². The average Bonchev–Trinajstić information content (AvgIpc) is 2.38. The van der Waals surface area contributed by atoms with Gasteiger partial charge >= 0.3 is 0 Å². The third-order valence-electron chi connectivity index (χ3n) is 3.69. The van der Waals surface area contributed by atoms with E-state index in [2.05, 4.69) is 13.8 Å². The molecule has 0 aliphatic carbocycles. The van der Waals surface area contributed by atoms with Crippen LogP contribution >= 0.6 is 0 Å². The van der Waals surface area contributed by atoms with Crippen molar-refractivity contribution >= 4 is 0 Å². The van der Waals surface area contributed by atoms with Crippen LogP contribution in [0.1, 0.15) is 44.8 Å². The zero-order chi connectivity index (χ0) is 13.1. The van der Waals surface area contributed by atoms with E-state index in [-0.39, 0.29) is 6.10 Å². The van der Waals surface area contributed by atoms with Gasteiger partial charge in [-0.2, -0.15) is 0 Å².